The van der Waals surface area contributed by atoms with Gasteiger partial charge in [0.15, 0.2) is 5.78 Å². The first-order valence-electron chi connectivity index (χ1n) is 8.78. The van der Waals surface area contributed by atoms with Crippen LogP contribution in [0.5, 0.6) is 0 Å². The molecule has 0 N–H and O–H groups in total. The number of benzene rings is 2. The first kappa shape index (κ1) is 16.6. The smallest absolute Gasteiger partial charge is 0.193 e. The Labute approximate surface area is 153 Å². The van der Waals surface area contributed by atoms with Crippen LogP contribution in [0.25, 0.3) is 0 Å². The lowest BCUT2D eigenvalue weighted by atomic mass is 9.71. The maximum Gasteiger partial charge on any atom is 0.193 e. The molecule has 0 amide bonds. The summed E-state index contributed by atoms with van der Waals surface area (Å²) in [6.07, 6.45) is 2.28. The SMILES string of the molecule is C=C(C)COC1(C2CCCS2)c2ccccc2C(=O)c2ccccc21. The summed E-state index contributed by atoms with van der Waals surface area (Å²) in [7, 11) is 0. The third-order valence-electron chi connectivity index (χ3n) is 5.07. The molecule has 2 nitrogen and oxygen atoms in total. The molecule has 1 atom stereocenters. The predicted molar refractivity (Wildman–Crippen MR) is 103 cm³/mol. The summed E-state index contributed by atoms with van der Waals surface area (Å²) in [6, 6.07) is 15.9. The molecule has 128 valence electrons. The van der Waals surface area contributed by atoms with Crippen LogP contribution in [0.15, 0.2) is 60.7 Å². The molecular formula is C22H22O2S. The topological polar surface area (TPSA) is 26.3 Å². The average Bonchev–Trinajstić information content (AvgIpc) is 3.17. The van der Waals surface area contributed by atoms with Gasteiger partial charge in [0.2, 0.25) is 0 Å². The van der Waals surface area contributed by atoms with Gasteiger partial charge in [0.1, 0.15) is 5.60 Å². The Morgan fingerprint density at radius 2 is 1.76 bits per heavy atom. The number of ketones is 1. The zero-order chi connectivity index (χ0) is 17.4. The van der Waals surface area contributed by atoms with E-state index in [9.17, 15) is 4.79 Å². The number of thioether (sulfide) groups is 1. The van der Waals surface area contributed by atoms with Gasteiger partial charge in [-0.05, 0) is 25.5 Å². The first-order chi connectivity index (χ1) is 12.1. The molecule has 1 saturated heterocycles. The highest BCUT2D eigenvalue weighted by atomic mass is 32.2. The second kappa shape index (κ2) is 6.47. The lowest BCUT2D eigenvalue weighted by Crippen LogP contribution is -2.45. The Morgan fingerprint density at radius 3 is 2.28 bits per heavy atom. The average molecular weight is 350 g/mol. The van der Waals surface area contributed by atoms with E-state index >= 15 is 0 Å². The van der Waals surface area contributed by atoms with Crippen LogP contribution >= 0.6 is 11.8 Å². The minimum absolute atomic E-state index is 0.101. The molecule has 1 unspecified atom stereocenters. The van der Waals surface area contributed by atoms with E-state index in [0.29, 0.717) is 11.9 Å². The molecule has 0 bridgehead atoms. The molecule has 3 heteroatoms. The first-order valence-corrected chi connectivity index (χ1v) is 9.83. The molecule has 1 aliphatic carbocycles. The van der Waals surface area contributed by atoms with E-state index in [1.54, 1.807) is 0 Å². The van der Waals surface area contributed by atoms with Gasteiger partial charge in [-0.15, -0.1) is 0 Å². The third-order valence-corrected chi connectivity index (χ3v) is 6.57. The number of hydrogen-bond acceptors (Lipinski definition) is 3. The van der Waals surface area contributed by atoms with Gasteiger partial charge in [0.25, 0.3) is 0 Å². The second-order valence-electron chi connectivity index (χ2n) is 6.90. The van der Waals surface area contributed by atoms with E-state index in [4.69, 9.17) is 4.74 Å². The molecule has 1 aliphatic heterocycles. The number of fused-ring (bicyclic) bond motifs is 2. The Bertz CT molecular complexity index is 784. The fourth-order valence-corrected chi connectivity index (χ4v) is 5.54. The molecule has 1 fully saturated rings. The Balaban J connectivity index is 1.99. The fourth-order valence-electron chi connectivity index (χ4n) is 4.03. The van der Waals surface area contributed by atoms with Crippen molar-refractivity contribution in [3.63, 3.8) is 0 Å². The van der Waals surface area contributed by atoms with Crippen LogP contribution in [0.1, 0.15) is 46.8 Å². The fraction of sp³-hybridized carbons (Fsp3) is 0.318. The summed E-state index contributed by atoms with van der Waals surface area (Å²) in [5.74, 6) is 1.24. The standard InChI is InChI=1S/C22H22O2S/c1-15(2)14-24-22(20-12-7-13-25-20)18-10-5-3-8-16(18)21(23)17-9-4-6-11-19(17)22/h3-6,8-11,20H,1,7,12-14H2,2H3. The molecule has 1 heterocycles. The van der Waals surface area contributed by atoms with Gasteiger partial charge >= 0.3 is 0 Å². The molecule has 0 radical (unpaired) electrons. The summed E-state index contributed by atoms with van der Waals surface area (Å²) in [5, 5.41) is 0.308. The van der Waals surface area contributed by atoms with Gasteiger partial charge in [0.05, 0.1) is 6.61 Å². The largest absolute Gasteiger partial charge is 0.360 e. The van der Waals surface area contributed by atoms with Gasteiger partial charge < -0.3 is 4.74 Å². The monoisotopic (exact) mass is 350 g/mol. The summed E-state index contributed by atoms with van der Waals surface area (Å²) >= 11 is 1.96. The predicted octanol–water partition coefficient (Wildman–Crippen LogP) is 4.96. The van der Waals surface area contributed by atoms with Crippen molar-refractivity contribution in [2.24, 2.45) is 0 Å². The zero-order valence-corrected chi connectivity index (χ0v) is 15.3. The molecular weight excluding hydrogens is 328 g/mol. The van der Waals surface area contributed by atoms with Crippen LogP contribution in [0.2, 0.25) is 0 Å². The molecule has 2 aromatic rings. The number of rotatable bonds is 4. The number of carbonyl (C=O) groups is 1. The van der Waals surface area contributed by atoms with E-state index in [-0.39, 0.29) is 5.78 Å². The van der Waals surface area contributed by atoms with Crippen molar-refractivity contribution in [2.75, 3.05) is 12.4 Å². The lowest BCUT2D eigenvalue weighted by molar-refractivity contribution is -0.00957. The van der Waals surface area contributed by atoms with Crippen molar-refractivity contribution in [1.29, 1.82) is 0 Å². The van der Waals surface area contributed by atoms with Crippen LogP contribution in [0.4, 0.5) is 0 Å². The number of hydrogen-bond donors (Lipinski definition) is 0. The normalized spacial score (nSPS) is 20.8. The highest BCUT2D eigenvalue weighted by Gasteiger charge is 2.50. The molecule has 2 aliphatic rings. The van der Waals surface area contributed by atoms with Crippen molar-refractivity contribution in [1.82, 2.24) is 0 Å². The highest BCUT2D eigenvalue weighted by Crippen LogP contribution is 2.51. The lowest BCUT2D eigenvalue weighted by Gasteiger charge is -2.44. The van der Waals surface area contributed by atoms with E-state index in [2.05, 4.69) is 18.7 Å². The van der Waals surface area contributed by atoms with Crippen molar-refractivity contribution in [3.8, 4) is 0 Å². The Morgan fingerprint density at radius 1 is 1.16 bits per heavy atom. The summed E-state index contributed by atoms with van der Waals surface area (Å²) in [4.78, 5) is 13.1. The van der Waals surface area contributed by atoms with Crippen LogP contribution in [-0.2, 0) is 10.3 Å². The molecule has 0 saturated carbocycles. The quantitative estimate of drug-likeness (QED) is 0.729. The van der Waals surface area contributed by atoms with E-state index in [1.165, 1.54) is 6.42 Å². The minimum Gasteiger partial charge on any atom is -0.360 e. The van der Waals surface area contributed by atoms with Gasteiger partial charge in [-0.2, -0.15) is 11.8 Å². The number of ether oxygens (including phenoxy) is 1. The van der Waals surface area contributed by atoms with Crippen LogP contribution in [0, 0.1) is 0 Å². The Hall–Kier alpha value is -1.84. The highest BCUT2D eigenvalue weighted by molar-refractivity contribution is 8.00. The van der Waals surface area contributed by atoms with Crippen LogP contribution in [0.3, 0.4) is 0 Å². The van der Waals surface area contributed by atoms with Gasteiger partial charge in [-0.1, -0.05) is 60.7 Å². The molecule has 2 aromatic carbocycles. The summed E-state index contributed by atoms with van der Waals surface area (Å²) in [5.41, 5.74) is 3.99. The molecule has 25 heavy (non-hydrogen) atoms. The van der Waals surface area contributed by atoms with E-state index < -0.39 is 5.60 Å². The van der Waals surface area contributed by atoms with E-state index in [0.717, 1.165) is 40.0 Å². The maximum atomic E-state index is 13.1. The van der Waals surface area contributed by atoms with Crippen LogP contribution in [-0.4, -0.2) is 23.4 Å². The van der Waals surface area contributed by atoms with Crippen molar-refractivity contribution in [2.45, 2.75) is 30.6 Å². The second-order valence-corrected chi connectivity index (χ2v) is 8.21. The van der Waals surface area contributed by atoms with Crippen LogP contribution < -0.4 is 0 Å². The van der Waals surface area contributed by atoms with Gasteiger partial charge in [-0.25, -0.2) is 0 Å². The maximum absolute atomic E-state index is 13.1. The molecule has 0 spiro atoms. The van der Waals surface area contributed by atoms with Gasteiger partial charge in [0, 0.05) is 27.5 Å². The van der Waals surface area contributed by atoms with Crippen molar-refractivity contribution < 1.29 is 9.53 Å². The van der Waals surface area contributed by atoms with E-state index in [1.807, 2.05) is 55.1 Å². The molecule has 0 aromatic heterocycles. The Kier molecular flexibility index (Phi) is 4.30. The van der Waals surface area contributed by atoms with Gasteiger partial charge in [-0.3, -0.25) is 4.79 Å². The summed E-state index contributed by atoms with van der Waals surface area (Å²) in [6.45, 7) is 6.51. The minimum atomic E-state index is -0.582. The number of carbonyl (C=O) groups excluding carboxylic acids is 1. The van der Waals surface area contributed by atoms with Crippen molar-refractivity contribution in [3.05, 3.63) is 82.9 Å². The summed E-state index contributed by atoms with van der Waals surface area (Å²) < 4.78 is 6.64. The third kappa shape index (κ3) is 2.57. The van der Waals surface area contributed by atoms with Crippen molar-refractivity contribution >= 4 is 17.5 Å². The zero-order valence-electron chi connectivity index (χ0n) is 14.5. The molecule has 4 rings (SSSR count).